The molecular weight excluding hydrogens is 316 g/mol. The van der Waals surface area contributed by atoms with Gasteiger partial charge >= 0.3 is 6.18 Å². The second kappa shape index (κ2) is 5.61. The SMILES string of the molecule is O=C(c1nc(Cl)ccc1Cl)N1CC=C(C(F)(F)F)CC1. The summed E-state index contributed by atoms with van der Waals surface area (Å²) in [5, 5.41) is 0.214. The van der Waals surface area contributed by atoms with Crippen LogP contribution in [0.5, 0.6) is 0 Å². The number of halogens is 5. The lowest BCUT2D eigenvalue weighted by atomic mass is 10.1. The van der Waals surface area contributed by atoms with E-state index in [0.717, 1.165) is 6.08 Å². The first-order valence-electron chi connectivity index (χ1n) is 5.66. The van der Waals surface area contributed by atoms with Gasteiger partial charge in [0.25, 0.3) is 5.91 Å². The predicted octanol–water partition coefficient (Wildman–Crippen LogP) is 3.72. The smallest absolute Gasteiger partial charge is 0.333 e. The Kier molecular flexibility index (Phi) is 4.25. The topological polar surface area (TPSA) is 33.2 Å². The van der Waals surface area contributed by atoms with Gasteiger partial charge in [0.1, 0.15) is 10.8 Å². The van der Waals surface area contributed by atoms with Gasteiger partial charge in [-0.2, -0.15) is 13.2 Å². The number of carbonyl (C=O) groups excluding carboxylic acids is 1. The molecule has 0 bridgehead atoms. The maximum Gasteiger partial charge on any atom is 0.412 e. The summed E-state index contributed by atoms with van der Waals surface area (Å²) in [5.41, 5.74) is -0.672. The molecule has 2 rings (SSSR count). The molecule has 0 unspecified atom stereocenters. The van der Waals surface area contributed by atoms with E-state index in [1.54, 1.807) is 0 Å². The van der Waals surface area contributed by atoms with Crippen molar-refractivity contribution in [3.63, 3.8) is 0 Å². The first-order chi connectivity index (χ1) is 9.29. The van der Waals surface area contributed by atoms with E-state index >= 15 is 0 Å². The van der Waals surface area contributed by atoms with E-state index in [1.165, 1.54) is 17.0 Å². The maximum absolute atomic E-state index is 12.5. The average molecular weight is 325 g/mol. The highest BCUT2D eigenvalue weighted by atomic mass is 35.5. The molecule has 0 aromatic carbocycles. The number of hydrogen-bond acceptors (Lipinski definition) is 2. The number of nitrogens with zero attached hydrogens (tertiary/aromatic N) is 2. The third kappa shape index (κ3) is 3.24. The van der Waals surface area contributed by atoms with E-state index in [-0.39, 0.29) is 35.4 Å². The number of aromatic nitrogens is 1. The van der Waals surface area contributed by atoms with Crippen molar-refractivity contribution in [2.45, 2.75) is 12.6 Å². The Bertz CT molecular complexity index is 572. The molecule has 0 atom stereocenters. The van der Waals surface area contributed by atoms with Crippen molar-refractivity contribution in [2.24, 2.45) is 0 Å². The van der Waals surface area contributed by atoms with Crippen molar-refractivity contribution in [2.75, 3.05) is 13.1 Å². The molecule has 1 aliphatic heterocycles. The molecule has 1 aromatic heterocycles. The normalized spacial score (nSPS) is 16.1. The van der Waals surface area contributed by atoms with Crippen LogP contribution in [0.2, 0.25) is 10.2 Å². The van der Waals surface area contributed by atoms with Crippen molar-refractivity contribution in [3.8, 4) is 0 Å². The molecule has 0 saturated carbocycles. The second-order valence-electron chi connectivity index (χ2n) is 4.19. The largest absolute Gasteiger partial charge is 0.412 e. The zero-order valence-electron chi connectivity index (χ0n) is 10.0. The number of pyridine rings is 1. The van der Waals surface area contributed by atoms with Crippen LogP contribution in [0.4, 0.5) is 13.2 Å². The highest BCUT2D eigenvalue weighted by Gasteiger charge is 2.35. The molecule has 0 aliphatic carbocycles. The summed E-state index contributed by atoms with van der Waals surface area (Å²) in [7, 11) is 0. The van der Waals surface area contributed by atoms with Crippen molar-refractivity contribution < 1.29 is 18.0 Å². The molecule has 2 heterocycles. The molecule has 0 fully saturated rings. The monoisotopic (exact) mass is 324 g/mol. The summed E-state index contributed by atoms with van der Waals surface area (Å²) in [4.78, 5) is 17.2. The average Bonchev–Trinajstić information content (AvgIpc) is 2.40. The van der Waals surface area contributed by atoms with Gasteiger partial charge in [-0.15, -0.1) is 0 Å². The molecule has 1 aromatic rings. The number of rotatable bonds is 1. The summed E-state index contributed by atoms with van der Waals surface area (Å²) >= 11 is 11.5. The molecule has 1 aliphatic rings. The van der Waals surface area contributed by atoms with Gasteiger partial charge in [-0.1, -0.05) is 29.3 Å². The molecule has 0 saturated heterocycles. The summed E-state index contributed by atoms with van der Waals surface area (Å²) in [6.45, 7) is -0.160. The predicted molar refractivity (Wildman–Crippen MR) is 68.9 cm³/mol. The summed E-state index contributed by atoms with van der Waals surface area (Å²) in [6.07, 6.45) is -3.59. The Hall–Kier alpha value is -1.27. The van der Waals surface area contributed by atoms with Crippen LogP contribution in [0.15, 0.2) is 23.8 Å². The Morgan fingerprint density at radius 3 is 2.55 bits per heavy atom. The van der Waals surface area contributed by atoms with Gasteiger partial charge in [-0.05, 0) is 18.6 Å². The van der Waals surface area contributed by atoms with Gasteiger partial charge in [0.2, 0.25) is 0 Å². The lowest BCUT2D eigenvalue weighted by Crippen LogP contribution is -2.37. The van der Waals surface area contributed by atoms with Crippen LogP contribution in [-0.2, 0) is 0 Å². The zero-order chi connectivity index (χ0) is 14.9. The number of amides is 1. The van der Waals surface area contributed by atoms with Crippen molar-refractivity contribution >= 4 is 29.1 Å². The van der Waals surface area contributed by atoms with Crippen molar-refractivity contribution in [1.29, 1.82) is 0 Å². The van der Waals surface area contributed by atoms with E-state index in [9.17, 15) is 18.0 Å². The Balaban J connectivity index is 2.17. The van der Waals surface area contributed by atoms with Crippen LogP contribution >= 0.6 is 23.2 Å². The fourth-order valence-corrected chi connectivity index (χ4v) is 2.16. The number of alkyl halides is 3. The Labute approximate surface area is 123 Å². The fraction of sp³-hybridized carbons (Fsp3) is 0.333. The quantitative estimate of drug-likeness (QED) is 0.582. The van der Waals surface area contributed by atoms with Gasteiger partial charge in [0.15, 0.2) is 0 Å². The lowest BCUT2D eigenvalue weighted by molar-refractivity contribution is -0.0957. The van der Waals surface area contributed by atoms with Gasteiger partial charge in [-0.25, -0.2) is 4.98 Å². The Morgan fingerprint density at radius 1 is 1.30 bits per heavy atom. The fourth-order valence-electron chi connectivity index (χ4n) is 1.83. The van der Waals surface area contributed by atoms with Crippen LogP contribution in [0.1, 0.15) is 16.9 Å². The van der Waals surface area contributed by atoms with E-state index in [1.807, 2.05) is 0 Å². The van der Waals surface area contributed by atoms with Crippen molar-refractivity contribution in [3.05, 3.63) is 39.7 Å². The summed E-state index contributed by atoms with van der Waals surface area (Å²) in [5.74, 6) is -0.532. The first kappa shape index (κ1) is 15.1. The van der Waals surface area contributed by atoms with Gasteiger partial charge in [0, 0.05) is 18.7 Å². The Morgan fingerprint density at radius 2 is 2.00 bits per heavy atom. The molecule has 1 amide bonds. The highest BCUT2D eigenvalue weighted by molar-refractivity contribution is 6.34. The molecule has 0 N–H and O–H groups in total. The zero-order valence-corrected chi connectivity index (χ0v) is 11.6. The van der Waals surface area contributed by atoms with Gasteiger partial charge in [0.05, 0.1) is 5.02 Å². The molecule has 3 nitrogen and oxygen atoms in total. The van der Waals surface area contributed by atoms with E-state index in [0.29, 0.717) is 0 Å². The molecule has 0 radical (unpaired) electrons. The maximum atomic E-state index is 12.5. The minimum Gasteiger partial charge on any atom is -0.333 e. The third-order valence-corrected chi connectivity index (χ3v) is 3.39. The summed E-state index contributed by atoms with van der Waals surface area (Å²) in [6, 6.07) is 2.85. The number of hydrogen-bond donors (Lipinski definition) is 0. The lowest BCUT2D eigenvalue weighted by Gasteiger charge is -2.27. The first-order valence-corrected chi connectivity index (χ1v) is 6.42. The van der Waals surface area contributed by atoms with Crippen LogP contribution < -0.4 is 0 Å². The van der Waals surface area contributed by atoms with E-state index in [2.05, 4.69) is 4.98 Å². The van der Waals surface area contributed by atoms with E-state index < -0.39 is 17.7 Å². The number of carbonyl (C=O) groups is 1. The van der Waals surface area contributed by atoms with Crippen LogP contribution in [0.3, 0.4) is 0 Å². The second-order valence-corrected chi connectivity index (χ2v) is 4.99. The van der Waals surface area contributed by atoms with E-state index in [4.69, 9.17) is 23.2 Å². The molecule has 20 heavy (non-hydrogen) atoms. The van der Waals surface area contributed by atoms with Gasteiger partial charge in [-0.3, -0.25) is 4.79 Å². The van der Waals surface area contributed by atoms with Crippen LogP contribution in [-0.4, -0.2) is 35.1 Å². The highest BCUT2D eigenvalue weighted by Crippen LogP contribution is 2.30. The van der Waals surface area contributed by atoms with Crippen LogP contribution in [0, 0.1) is 0 Å². The van der Waals surface area contributed by atoms with Crippen LogP contribution in [0.25, 0.3) is 0 Å². The van der Waals surface area contributed by atoms with Crippen molar-refractivity contribution in [1.82, 2.24) is 9.88 Å². The molecule has 8 heteroatoms. The minimum atomic E-state index is -4.35. The molecular formula is C12H9Cl2F3N2O. The molecule has 108 valence electrons. The van der Waals surface area contributed by atoms with Gasteiger partial charge < -0.3 is 4.90 Å². The standard InChI is InChI=1S/C12H9Cl2F3N2O/c13-8-1-2-9(14)18-10(8)11(20)19-5-3-7(4-6-19)12(15,16)17/h1-3H,4-6H2. The summed E-state index contributed by atoms with van der Waals surface area (Å²) < 4.78 is 37.5. The molecule has 0 spiro atoms. The third-order valence-electron chi connectivity index (χ3n) is 2.88. The minimum absolute atomic E-state index is 0.0330.